The third kappa shape index (κ3) is 2.68. The number of benzene rings is 1. The Morgan fingerprint density at radius 2 is 2.17 bits per heavy atom. The Bertz CT molecular complexity index is 745. The molecule has 0 saturated carbocycles. The molecule has 5 nitrogen and oxygen atoms in total. The van der Waals surface area contributed by atoms with Gasteiger partial charge in [-0.25, -0.2) is 0 Å². The first-order valence-electron chi connectivity index (χ1n) is 7.20. The highest BCUT2D eigenvalue weighted by Crippen LogP contribution is 2.39. The van der Waals surface area contributed by atoms with Crippen molar-refractivity contribution in [2.75, 3.05) is 6.54 Å². The molecule has 1 aromatic rings. The molecule has 2 fully saturated rings. The summed E-state index contributed by atoms with van der Waals surface area (Å²) < 4.78 is 44.5. The predicted octanol–water partition coefficient (Wildman–Crippen LogP) is 2.90. The van der Waals surface area contributed by atoms with Crippen LogP contribution in [0.5, 0.6) is 0 Å². The fourth-order valence-electron chi connectivity index (χ4n) is 2.97. The van der Waals surface area contributed by atoms with Crippen molar-refractivity contribution in [2.24, 2.45) is 4.99 Å². The molecule has 2 saturated heterocycles. The van der Waals surface area contributed by atoms with Gasteiger partial charge in [-0.05, 0) is 31.0 Å². The van der Waals surface area contributed by atoms with Crippen LogP contribution in [0.4, 0.5) is 18.9 Å². The Morgan fingerprint density at radius 3 is 2.79 bits per heavy atom. The maximum absolute atomic E-state index is 13.2. The molecule has 3 atom stereocenters. The molecule has 0 amide bonds. The molecule has 0 radical (unpaired) electrons. The first-order valence-corrected chi connectivity index (χ1v) is 7.58. The normalized spacial score (nSPS) is 28.0. The van der Waals surface area contributed by atoms with Crippen LogP contribution in [-0.2, 0) is 4.74 Å². The van der Waals surface area contributed by atoms with Gasteiger partial charge in [0.15, 0.2) is 0 Å². The summed E-state index contributed by atoms with van der Waals surface area (Å²) >= 11 is 6.05. The van der Waals surface area contributed by atoms with Crippen molar-refractivity contribution in [3.63, 3.8) is 0 Å². The summed E-state index contributed by atoms with van der Waals surface area (Å²) in [5.41, 5.74) is 1.05. The van der Waals surface area contributed by atoms with E-state index in [0.29, 0.717) is 11.3 Å². The van der Waals surface area contributed by atoms with Gasteiger partial charge in [-0.2, -0.15) is 23.4 Å². The Balaban J connectivity index is 2.00. The second kappa shape index (κ2) is 5.83. The molecule has 1 aromatic carbocycles. The summed E-state index contributed by atoms with van der Waals surface area (Å²) in [4.78, 5) is 5.48. The Labute approximate surface area is 140 Å². The Morgan fingerprint density at radius 1 is 1.46 bits per heavy atom. The van der Waals surface area contributed by atoms with Crippen LogP contribution in [0, 0.1) is 18.3 Å². The maximum Gasteiger partial charge on any atom is 0.427 e. The highest BCUT2D eigenvalue weighted by Gasteiger charge is 2.59. The number of amidine groups is 1. The van der Waals surface area contributed by atoms with E-state index in [4.69, 9.17) is 21.6 Å². The number of ether oxygens (including phenoxy) is 1. The van der Waals surface area contributed by atoms with E-state index in [2.05, 4.69) is 4.99 Å². The van der Waals surface area contributed by atoms with Gasteiger partial charge in [0, 0.05) is 6.54 Å². The largest absolute Gasteiger partial charge is 0.450 e. The number of aliphatic hydroxyl groups is 1. The maximum atomic E-state index is 13.2. The average Bonchev–Trinajstić information content (AvgIpc) is 3.06. The molecule has 0 bridgehead atoms. The van der Waals surface area contributed by atoms with Crippen LogP contribution in [0.2, 0.25) is 5.02 Å². The SMILES string of the molecule is Cc1c(/N=C2\O[C@@H](C(F)(F)F)[C@@H]3[C@H](O)CCN23)ccc(C#N)c1Cl. The van der Waals surface area contributed by atoms with Gasteiger partial charge in [-0.3, -0.25) is 0 Å². The van der Waals surface area contributed by atoms with Gasteiger partial charge in [0.2, 0.25) is 6.10 Å². The summed E-state index contributed by atoms with van der Waals surface area (Å²) in [6.07, 6.45) is -7.65. The van der Waals surface area contributed by atoms with E-state index in [1.807, 2.05) is 6.07 Å². The van der Waals surface area contributed by atoms with E-state index < -0.39 is 24.4 Å². The zero-order valence-corrected chi connectivity index (χ0v) is 13.3. The number of alkyl halides is 3. The van der Waals surface area contributed by atoms with Crippen molar-refractivity contribution in [3.8, 4) is 6.07 Å². The van der Waals surface area contributed by atoms with Crippen molar-refractivity contribution >= 4 is 23.3 Å². The Hall–Kier alpha value is -1.98. The van der Waals surface area contributed by atoms with Gasteiger partial charge in [0.05, 0.1) is 22.4 Å². The quantitative estimate of drug-likeness (QED) is 0.837. The third-order valence-corrected chi connectivity index (χ3v) is 4.71. The zero-order chi connectivity index (χ0) is 17.6. The number of rotatable bonds is 1. The van der Waals surface area contributed by atoms with Gasteiger partial charge in [-0.15, -0.1) is 0 Å². The van der Waals surface area contributed by atoms with E-state index >= 15 is 0 Å². The van der Waals surface area contributed by atoms with Crippen molar-refractivity contribution in [2.45, 2.75) is 37.8 Å². The lowest BCUT2D eigenvalue weighted by molar-refractivity contribution is -0.203. The standard InChI is InChI=1S/C15H13ClF3N3O2/c1-7-9(3-2-8(6-20)11(7)16)21-14-22-5-4-10(23)12(22)13(24-14)15(17,18)19/h2-3,10,12-13,23H,4-5H2,1H3/b21-14-/t10-,12+,13-/m1/s1. The Kier molecular flexibility index (Phi) is 4.10. The number of aliphatic hydroxyl groups excluding tert-OH is 1. The summed E-state index contributed by atoms with van der Waals surface area (Å²) in [5.74, 6) is 0. The molecule has 24 heavy (non-hydrogen) atoms. The lowest BCUT2D eigenvalue weighted by Crippen LogP contribution is -2.45. The summed E-state index contributed by atoms with van der Waals surface area (Å²) in [6.45, 7) is 1.84. The number of nitriles is 1. The van der Waals surface area contributed by atoms with Crippen LogP contribution in [0.3, 0.4) is 0 Å². The van der Waals surface area contributed by atoms with Crippen LogP contribution in [0.25, 0.3) is 0 Å². The van der Waals surface area contributed by atoms with Gasteiger partial charge >= 0.3 is 6.18 Å². The molecule has 9 heteroatoms. The zero-order valence-electron chi connectivity index (χ0n) is 12.5. The minimum Gasteiger partial charge on any atom is -0.450 e. The van der Waals surface area contributed by atoms with E-state index in [1.165, 1.54) is 17.0 Å². The molecule has 3 rings (SSSR count). The fraction of sp³-hybridized carbons (Fsp3) is 0.467. The second-order valence-electron chi connectivity index (χ2n) is 5.70. The molecular formula is C15H13ClF3N3O2. The van der Waals surface area contributed by atoms with Gasteiger partial charge < -0.3 is 14.7 Å². The van der Waals surface area contributed by atoms with Gasteiger partial charge in [0.1, 0.15) is 12.1 Å². The number of fused-ring (bicyclic) bond motifs is 1. The van der Waals surface area contributed by atoms with Crippen molar-refractivity contribution < 1.29 is 23.0 Å². The molecule has 2 heterocycles. The minimum atomic E-state index is -4.61. The molecular weight excluding hydrogens is 347 g/mol. The van der Waals surface area contributed by atoms with Crippen LogP contribution in [0.1, 0.15) is 17.5 Å². The first-order chi connectivity index (χ1) is 11.2. The lowest BCUT2D eigenvalue weighted by Gasteiger charge is -2.21. The van der Waals surface area contributed by atoms with Gasteiger partial charge in [-0.1, -0.05) is 11.6 Å². The van der Waals surface area contributed by atoms with E-state index in [0.717, 1.165) is 0 Å². The number of halogens is 4. The smallest absolute Gasteiger partial charge is 0.427 e. The molecule has 0 aromatic heterocycles. The molecule has 2 aliphatic heterocycles. The molecule has 128 valence electrons. The highest BCUT2D eigenvalue weighted by atomic mass is 35.5. The number of hydrogen-bond donors (Lipinski definition) is 1. The van der Waals surface area contributed by atoms with Crippen LogP contribution >= 0.6 is 11.6 Å². The highest BCUT2D eigenvalue weighted by molar-refractivity contribution is 6.32. The van der Waals surface area contributed by atoms with E-state index in [-0.39, 0.29) is 29.6 Å². The molecule has 2 aliphatic rings. The summed E-state index contributed by atoms with van der Waals surface area (Å²) in [7, 11) is 0. The van der Waals surface area contributed by atoms with E-state index in [9.17, 15) is 18.3 Å². The number of nitrogens with zero attached hydrogens (tertiary/aromatic N) is 3. The van der Waals surface area contributed by atoms with Crippen LogP contribution < -0.4 is 0 Å². The minimum absolute atomic E-state index is 0.192. The summed E-state index contributed by atoms with van der Waals surface area (Å²) in [5, 5.41) is 19.0. The molecule has 0 aliphatic carbocycles. The first kappa shape index (κ1) is 16.9. The topological polar surface area (TPSA) is 68.8 Å². The van der Waals surface area contributed by atoms with Crippen LogP contribution in [0.15, 0.2) is 17.1 Å². The molecule has 1 N–H and O–H groups in total. The number of hydrogen-bond acceptors (Lipinski definition) is 4. The van der Waals surface area contributed by atoms with Crippen molar-refractivity contribution in [1.29, 1.82) is 5.26 Å². The van der Waals surface area contributed by atoms with Crippen molar-refractivity contribution in [1.82, 2.24) is 4.90 Å². The average molecular weight is 360 g/mol. The summed E-state index contributed by atoms with van der Waals surface area (Å²) in [6, 6.07) is 3.48. The second-order valence-corrected chi connectivity index (χ2v) is 6.08. The van der Waals surface area contributed by atoms with Crippen LogP contribution in [-0.4, -0.2) is 47.0 Å². The van der Waals surface area contributed by atoms with Gasteiger partial charge in [0.25, 0.3) is 6.02 Å². The third-order valence-electron chi connectivity index (χ3n) is 4.23. The predicted molar refractivity (Wildman–Crippen MR) is 80.0 cm³/mol. The lowest BCUT2D eigenvalue weighted by atomic mass is 10.1. The fourth-order valence-corrected chi connectivity index (χ4v) is 3.18. The monoisotopic (exact) mass is 359 g/mol. The van der Waals surface area contributed by atoms with Crippen molar-refractivity contribution in [3.05, 3.63) is 28.3 Å². The molecule has 0 unspecified atom stereocenters. The molecule has 0 spiro atoms. The van der Waals surface area contributed by atoms with E-state index in [1.54, 1.807) is 6.92 Å². The number of aliphatic imine (C=N–C) groups is 1.